The minimum atomic E-state index is -0.0597. The van der Waals surface area contributed by atoms with Crippen molar-refractivity contribution in [3.05, 3.63) is 28.8 Å². The monoisotopic (exact) mass is 378 g/mol. The second-order valence-electron chi connectivity index (χ2n) is 8.19. The quantitative estimate of drug-likeness (QED) is 0.866. The van der Waals surface area contributed by atoms with Gasteiger partial charge in [0.2, 0.25) is 5.91 Å². The van der Waals surface area contributed by atoms with E-state index in [9.17, 15) is 9.90 Å². The Balaban J connectivity index is 1.48. The minimum absolute atomic E-state index is 0.0597. The molecule has 1 aromatic carbocycles. The zero-order valence-corrected chi connectivity index (χ0v) is 16.7. The third kappa shape index (κ3) is 4.72. The van der Waals surface area contributed by atoms with Crippen LogP contribution in [0.5, 0.6) is 5.75 Å². The van der Waals surface area contributed by atoms with Crippen molar-refractivity contribution < 1.29 is 9.90 Å². The maximum Gasteiger partial charge on any atom is 0.225 e. The van der Waals surface area contributed by atoms with Crippen LogP contribution in [0.1, 0.15) is 38.2 Å². The van der Waals surface area contributed by atoms with E-state index in [2.05, 4.69) is 16.8 Å². The van der Waals surface area contributed by atoms with E-state index < -0.39 is 0 Å². The van der Waals surface area contributed by atoms with Crippen molar-refractivity contribution in [2.45, 2.75) is 39.0 Å². The van der Waals surface area contributed by atoms with E-state index in [1.807, 2.05) is 13.0 Å². The molecule has 1 atom stereocenters. The number of benzene rings is 1. The number of carbonyl (C=O) groups is 1. The van der Waals surface area contributed by atoms with Crippen LogP contribution in [-0.2, 0) is 11.2 Å². The fourth-order valence-corrected chi connectivity index (χ4v) is 4.72. The van der Waals surface area contributed by atoms with E-state index in [-0.39, 0.29) is 17.6 Å². The molecule has 0 saturated carbocycles. The number of likely N-dealkylation sites (tertiary alicyclic amines) is 2. The Kier molecular flexibility index (Phi) is 6.46. The number of nitrogens with zero attached hydrogens (tertiary/aromatic N) is 2. The lowest BCUT2D eigenvalue weighted by atomic mass is 9.78. The molecule has 2 heterocycles. The third-order valence-electron chi connectivity index (χ3n) is 6.26. The Labute approximate surface area is 162 Å². The molecule has 0 aliphatic carbocycles. The summed E-state index contributed by atoms with van der Waals surface area (Å²) in [7, 11) is 2.21. The summed E-state index contributed by atoms with van der Waals surface area (Å²) in [5.74, 6) is 1.91. The summed E-state index contributed by atoms with van der Waals surface area (Å²) < 4.78 is 0. The van der Waals surface area contributed by atoms with Gasteiger partial charge in [0, 0.05) is 19.0 Å². The summed E-state index contributed by atoms with van der Waals surface area (Å²) in [5, 5.41) is 9.88. The second-order valence-corrected chi connectivity index (χ2v) is 8.60. The molecule has 26 heavy (non-hydrogen) atoms. The van der Waals surface area contributed by atoms with E-state index in [4.69, 9.17) is 11.6 Å². The second kappa shape index (κ2) is 8.62. The lowest BCUT2D eigenvalue weighted by molar-refractivity contribution is -0.136. The van der Waals surface area contributed by atoms with Gasteiger partial charge in [0.15, 0.2) is 0 Å². The molecular weight excluding hydrogens is 348 g/mol. The van der Waals surface area contributed by atoms with Gasteiger partial charge in [-0.05, 0) is 81.8 Å². The highest BCUT2D eigenvalue weighted by atomic mass is 35.5. The maximum atomic E-state index is 12.8. The van der Waals surface area contributed by atoms with Gasteiger partial charge in [-0.3, -0.25) is 4.79 Å². The Morgan fingerprint density at radius 1 is 1.15 bits per heavy atom. The number of phenols is 1. The van der Waals surface area contributed by atoms with Gasteiger partial charge in [-0.1, -0.05) is 24.6 Å². The minimum Gasteiger partial charge on any atom is -0.506 e. The highest BCUT2D eigenvalue weighted by Gasteiger charge is 2.31. The largest absolute Gasteiger partial charge is 0.506 e. The smallest absolute Gasteiger partial charge is 0.225 e. The normalized spacial score (nSPS) is 21.7. The molecule has 0 spiro atoms. The molecule has 1 aromatic rings. The lowest BCUT2D eigenvalue weighted by Crippen LogP contribution is -2.44. The van der Waals surface area contributed by atoms with Gasteiger partial charge in [-0.2, -0.15) is 0 Å². The van der Waals surface area contributed by atoms with Gasteiger partial charge in [-0.15, -0.1) is 0 Å². The van der Waals surface area contributed by atoms with Crippen LogP contribution in [0.25, 0.3) is 0 Å². The van der Waals surface area contributed by atoms with Crippen molar-refractivity contribution in [2.75, 3.05) is 33.2 Å². The number of phenolic OH excluding ortho intramolecular Hbond substituents is 1. The number of amides is 1. The van der Waals surface area contributed by atoms with Gasteiger partial charge >= 0.3 is 0 Å². The maximum absolute atomic E-state index is 12.8. The van der Waals surface area contributed by atoms with Gasteiger partial charge in [0.05, 0.1) is 5.02 Å². The van der Waals surface area contributed by atoms with Crippen molar-refractivity contribution in [3.8, 4) is 5.75 Å². The Bertz CT molecular complexity index is 620. The molecule has 1 N–H and O–H groups in total. The van der Waals surface area contributed by atoms with E-state index >= 15 is 0 Å². The van der Waals surface area contributed by atoms with Crippen LogP contribution >= 0.6 is 11.6 Å². The van der Waals surface area contributed by atoms with Gasteiger partial charge in [0.1, 0.15) is 5.75 Å². The van der Waals surface area contributed by atoms with Crippen LogP contribution in [0.2, 0.25) is 5.02 Å². The number of piperidine rings is 2. The summed E-state index contributed by atoms with van der Waals surface area (Å²) in [5.41, 5.74) is 0.995. The molecular formula is C21H31ClN2O2. The van der Waals surface area contributed by atoms with E-state index in [0.717, 1.165) is 43.3 Å². The summed E-state index contributed by atoms with van der Waals surface area (Å²) in [4.78, 5) is 17.3. The molecule has 4 nitrogen and oxygen atoms in total. The number of aromatic hydroxyl groups is 1. The fraction of sp³-hybridized carbons (Fsp3) is 0.667. The van der Waals surface area contributed by atoms with Crippen molar-refractivity contribution in [1.29, 1.82) is 0 Å². The van der Waals surface area contributed by atoms with Crippen molar-refractivity contribution >= 4 is 17.5 Å². The first-order valence-electron chi connectivity index (χ1n) is 9.88. The standard InChI is InChI=1S/C21H31ClN2O2/c1-15(13-16-3-4-20(25)19(22)14-16)21(26)24-11-7-18(8-12-24)17-5-9-23(2)10-6-17/h3-4,14-15,17-18,25H,5-13H2,1-2H3/t15-/m1/s1. The fourth-order valence-electron chi connectivity index (χ4n) is 4.52. The highest BCUT2D eigenvalue weighted by Crippen LogP contribution is 2.33. The van der Waals surface area contributed by atoms with Gasteiger partial charge in [0.25, 0.3) is 0 Å². The van der Waals surface area contributed by atoms with E-state index in [1.165, 1.54) is 25.9 Å². The van der Waals surface area contributed by atoms with Crippen LogP contribution in [0.4, 0.5) is 0 Å². The van der Waals surface area contributed by atoms with Gasteiger partial charge < -0.3 is 14.9 Å². The number of carbonyl (C=O) groups excluding carboxylic acids is 1. The molecule has 0 unspecified atom stereocenters. The van der Waals surface area contributed by atoms with Crippen LogP contribution < -0.4 is 0 Å². The van der Waals surface area contributed by atoms with Crippen molar-refractivity contribution in [2.24, 2.45) is 17.8 Å². The summed E-state index contributed by atoms with van der Waals surface area (Å²) >= 11 is 5.98. The molecule has 5 heteroatoms. The Morgan fingerprint density at radius 3 is 2.31 bits per heavy atom. The first-order chi connectivity index (χ1) is 12.4. The average Bonchev–Trinajstić information content (AvgIpc) is 2.65. The van der Waals surface area contributed by atoms with Crippen molar-refractivity contribution in [3.63, 3.8) is 0 Å². The van der Waals surface area contributed by atoms with Crippen LogP contribution in [0.15, 0.2) is 18.2 Å². The SMILES string of the molecule is C[C@H](Cc1ccc(O)c(Cl)c1)C(=O)N1CCC(C2CCN(C)CC2)CC1. The zero-order chi connectivity index (χ0) is 18.7. The van der Waals surface area contributed by atoms with Crippen molar-refractivity contribution in [1.82, 2.24) is 9.80 Å². The predicted octanol–water partition coefficient (Wildman–Crippen LogP) is 3.80. The molecule has 2 aliphatic heterocycles. The average molecular weight is 379 g/mol. The molecule has 0 aromatic heterocycles. The first kappa shape index (κ1) is 19.5. The molecule has 1 amide bonds. The molecule has 144 valence electrons. The number of hydrogen-bond donors (Lipinski definition) is 1. The van der Waals surface area contributed by atoms with Gasteiger partial charge in [-0.25, -0.2) is 0 Å². The van der Waals surface area contributed by atoms with Crippen LogP contribution in [0.3, 0.4) is 0 Å². The molecule has 2 saturated heterocycles. The molecule has 2 fully saturated rings. The number of hydrogen-bond acceptors (Lipinski definition) is 3. The van der Waals surface area contributed by atoms with E-state index in [0.29, 0.717) is 11.4 Å². The molecule has 0 bridgehead atoms. The third-order valence-corrected chi connectivity index (χ3v) is 6.56. The number of halogens is 1. The van der Waals surface area contributed by atoms with E-state index in [1.54, 1.807) is 12.1 Å². The lowest BCUT2D eigenvalue weighted by Gasteiger charge is -2.40. The number of rotatable bonds is 4. The topological polar surface area (TPSA) is 43.8 Å². The summed E-state index contributed by atoms with van der Waals surface area (Å²) in [6, 6.07) is 5.20. The summed E-state index contributed by atoms with van der Waals surface area (Å²) in [6.07, 6.45) is 5.59. The van der Waals surface area contributed by atoms with Crippen LogP contribution in [0, 0.1) is 17.8 Å². The first-order valence-corrected chi connectivity index (χ1v) is 10.3. The predicted molar refractivity (Wildman–Crippen MR) is 106 cm³/mol. The molecule has 0 radical (unpaired) electrons. The Hall–Kier alpha value is -1.26. The molecule has 3 rings (SSSR count). The summed E-state index contributed by atoms with van der Waals surface area (Å²) in [6.45, 7) is 6.23. The molecule has 2 aliphatic rings. The Morgan fingerprint density at radius 2 is 1.73 bits per heavy atom. The van der Waals surface area contributed by atoms with Crippen LogP contribution in [-0.4, -0.2) is 54.0 Å². The zero-order valence-electron chi connectivity index (χ0n) is 16.0. The highest BCUT2D eigenvalue weighted by molar-refractivity contribution is 6.32.